The van der Waals surface area contributed by atoms with Gasteiger partial charge in [0.15, 0.2) is 0 Å². The third-order valence-electron chi connectivity index (χ3n) is 5.25. The number of rotatable bonds is 5. The van der Waals surface area contributed by atoms with Crippen molar-refractivity contribution in [2.45, 2.75) is 39.0 Å². The van der Waals surface area contributed by atoms with E-state index in [1.54, 1.807) is 19.2 Å². The summed E-state index contributed by atoms with van der Waals surface area (Å²) in [6, 6.07) is 8.36. The zero-order valence-electron chi connectivity index (χ0n) is 17.9. The molecule has 33 heavy (non-hydrogen) atoms. The van der Waals surface area contributed by atoms with Crippen molar-refractivity contribution in [2.75, 3.05) is 23.3 Å². The Kier molecular flexibility index (Phi) is 6.47. The molecule has 0 unspecified atom stereocenters. The first-order chi connectivity index (χ1) is 15.8. The smallest absolute Gasteiger partial charge is 0.444 e. The maximum atomic E-state index is 12.6. The Hall–Kier alpha value is -3.63. The van der Waals surface area contributed by atoms with Gasteiger partial charge in [-0.1, -0.05) is 11.2 Å². The van der Waals surface area contributed by atoms with E-state index in [1.165, 1.54) is 18.6 Å². The fourth-order valence-electron chi connectivity index (χ4n) is 3.51. The van der Waals surface area contributed by atoms with Crippen molar-refractivity contribution < 1.29 is 27.2 Å². The number of pyridine rings is 1. The van der Waals surface area contributed by atoms with Crippen molar-refractivity contribution in [1.82, 2.24) is 15.1 Å². The molecule has 4 rings (SSSR count). The van der Waals surface area contributed by atoms with E-state index in [-0.39, 0.29) is 12.4 Å². The largest absolute Gasteiger partial charge is 0.471 e. The highest BCUT2D eigenvalue weighted by atomic mass is 19.4. The quantitative estimate of drug-likeness (QED) is 0.558. The summed E-state index contributed by atoms with van der Waals surface area (Å²) < 4.78 is 47.4. The van der Waals surface area contributed by atoms with Gasteiger partial charge in [0, 0.05) is 36.1 Å². The molecule has 0 bridgehead atoms. The first-order valence-corrected chi connectivity index (χ1v) is 10.5. The normalized spacial score (nSPS) is 14.2. The number of hydrogen-bond donors (Lipinski definition) is 1. The van der Waals surface area contributed by atoms with Gasteiger partial charge in [-0.3, -0.25) is 5.32 Å². The lowest BCUT2D eigenvalue weighted by atomic mass is 10.1. The predicted molar refractivity (Wildman–Crippen MR) is 114 cm³/mol. The van der Waals surface area contributed by atoms with E-state index >= 15 is 0 Å². The third kappa shape index (κ3) is 5.60. The van der Waals surface area contributed by atoms with E-state index in [2.05, 4.69) is 29.9 Å². The lowest BCUT2D eigenvalue weighted by molar-refractivity contribution is -0.159. The van der Waals surface area contributed by atoms with E-state index in [0.717, 1.165) is 37.3 Å². The number of aryl methyl sites for hydroxylation is 1. The number of nitrogens with one attached hydrogen (secondary N) is 1. The maximum absolute atomic E-state index is 12.6. The molecule has 0 radical (unpaired) electrons. The van der Waals surface area contributed by atoms with Gasteiger partial charge in [0.05, 0.1) is 0 Å². The van der Waals surface area contributed by atoms with Crippen LogP contribution in [0, 0.1) is 6.92 Å². The topological polar surface area (TPSA) is 93.4 Å². The van der Waals surface area contributed by atoms with Gasteiger partial charge in [0.1, 0.15) is 12.4 Å². The molecule has 1 aliphatic rings. The first kappa shape index (κ1) is 22.6. The van der Waals surface area contributed by atoms with E-state index in [9.17, 15) is 18.0 Å². The van der Waals surface area contributed by atoms with Crippen molar-refractivity contribution in [3.63, 3.8) is 0 Å². The molecule has 174 valence electrons. The van der Waals surface area contributed by atoms with E-state index < -0.39 is 18.2 Å². The van der Waals surface area contributed by atoms with Crippen LogP contribution in [0.3, 0.4) is 0 Å². The summed E-state index contributed by atoms with van der Waals surface area (Å²) >= 11 is 0. The third-order valence-corrected chi connectivity index (χ3v) is 5.25. The highest BCUT2D eigenvalue weighted by Crippen LogP contribution is 2.30. The van der Waals surface area contributed by atoms with Crippen molar-refractivity contribution in [1.29, 1.82) is 0 Å². The van der Waals surface area contributed by atoms with Crippen LogP contribution < -0.4 is 10.2 Å². The van der Waals surface area contributed by atoms with Crippen LogP contribution in [-0.4, -0.2) is 34.3 Å². The molecule has 1 saturated heterocycles. The standard InChI is InChI=1S/C22H22F3N5O3/c1-14-11-16(19-28-20(33-29-19)22(23,24)25)6-7-17(14)27-21(31)32-13-15-5-8-18(26-12-15)30-9-3-2-4-10-30/h5-8,11-12H,2-4,9-10,13H2,1H3,(H,27,31). The second-order valence-corrected chi connectivity index (χ2v) is 7.72. The Morgan fingerprint density at radius 3 is 2.61 bits per heavy atom. The highest BCUT2D eigenvalue weighted by molar-refractivity contribution is 5.86. The molecule has 1 fully saturated rings. The first-order valence-electron chi connectivity index (χ1n) is 10.5. The molecule has 3 aromatic rings. The van der Waals surface area contributed by atoms with Crippen LogP contribution >= 0.6 is 0 Å². The zero-order chi connectivity index (χ0) is 23.4. The summed E-state index contributed by atoms with van der Waals surface area (Å²) in [5, 5.41) is 5.97. The summed E-state index contributed by atoms with van der Waals surface area (Å²) in [5.74, 6) is -0.693. The number of ether oxygens (including phenoxy) is 1. The molecule has 2 aromatic heterocycles. The molecule has 1 N–H and O–H groups in total. The van der Waals surface area contributed by atoms with Crippen LogP contribution in [-0.2, 0) is 17.5 Å². The maximum Gasteiger partial charge on any atom is 0.471 e. The molecule has 3 heterocycles. The van der Waals surface area contributed by atoms with Crippen LogP contribution in [0.5, 0.6) is 0 Å². The number of halogens is 3. The van der Waals surface area contributed by atoms with Gasteiger partial charge in [-0.05, 0) is 56.0 Å². The number of anilines is 2. The molecule has 1 aromatic carbocycles. The average molecular weight is 461 g/mol. The molecular formula is C22H22F3N5O3. The minimum atomic E-state index is -4.71. The fraction of sp³-hybridized carbons (Fsp3) is 0.364. The van der Waals surface area contributed by atoms with Gasteiger partial charge in [0.2, 0.25) is 5.82 Å². The number of alkyl halides is 3. The van der Waals surface area contributed by atoms with E-state index in [1.807, 2.05) is 12.1 Å². The van der Waals surface area contributed by atoms with E-state index in [0.29, 0.717) is 16.8 Å². The summed E-state index contributed by atoms with van der Waals surface area (Å²) in [7, 11) is 0. The number of carbonyl (C=O) groups excluding carboxylic acids is 1. The molecule has 11 heteroatoms. The summed E-state index contributed by atoms with van der Waals surface area (Å²) in [4.78, 5) is 22.3. The number of hydrogen-bond acceptors (Lipinski definition) is 7. The Morgan fingerprint density at radius 1 is 1.18 bits per heavy atom. The molecule has 0 saturated carbocycles. The lowest BCUT2D eigenvalue weighted by Crippen LogP contribution is -2.30. The second kappa shape index (κ2) is 9.47. The van der Waals surface area contributed by atoms with Gasteiger partial charge >= 0.3 is 18.2 Å². The van der Waals surface area contributed by atoms with Crippen molar-refractivity contribution in [2.24, 2.45) is 0 Å². The van der Waals surface area contributed by atoms with Gasteiger partial charge < -0.3 is 14.2 Å². The summed E-state index contributed by atoms with van der Waals surface area (Å²) in [5.41, 5.74) is 2.12. The van der Waals surface area contributed by atoms with Crippen molar-refractivity contribution >= 4 is 17.6 Å². The SMILES string of the molecule is Cc1cc(-c2noc(C(F)(F)F)n2)ccc1NC(=O)OCc1ccc(N2CCCCC2)nc1. The molecule has 8 nitrogen and oxygen atoms in total. The van der Waals surface area contributed by atoms with Crippen molar-refractivity contribution in [3.8, 4) is 11.4 Å². The van der Waals surface area contributed by atoms with E-state index in [4.69, 9.17) is 4.74 Å². The molecule has 0 atom stereocenters. The van der Waals surface area contributed by atoms with Gasteiger partial charge in [-0.15, -0.1) is 0 Å². The molecule has 0 spiro atoms. The number of nitrogens with zero attached hydrogens (tertiary/aromatic N) is 4. The number of aromatic nitrogens is 3. The molecule has 1 amide bonds. The molecule has 1 aliphatic heterocycles. The van der Waals surface area contributed by atoms with Crippen LogP contribution in [0.2, 0.25) is 0 Å². The zero-order valence-corrected chi connectivity index (χ0v) is 17.9. The monoisotopic (exact) mass is 461 g/mol. The number of benzene rings is 1. The highest BCUT2D eigenvalue weighted by Gasteiger charge is 2.38. The Bertz CT molecular complexity index is 1110. The lowest BCUT2D eigenvalue weighted by Gasteiger charge is -2.27. The van der Waals surface area contributed by atoms with Crippen LogP contribution in [0.25, 0.3) is 11.4 Å². The van der Waals surface area contributed by atoms with Gasteiger partial charge in [-0.25, -0.2) is 9.78 Å². The average Bonchev–Trinajstić information content (AvgIpc) is 3.31. The Labute approximate surface area is 187 Å². The molecule has 0 aliphatic carbocycles. The van der Waals surface area contributed by atoms with Crippen molar-refractivity contribution in [3.05, 3.63) is 53.5 Å². The van der Waals surface area contributed by atoms with Crippen LogP contribution in [0.1, 0.15) is 36.3 Å². The second-order valence-electron chi connectivity index (χ2n) is 7.72. The Balaban J connectivity index is 1.32. The minimum Gasteiger partial charge on any atom is -0.444 e. The fourth-order valence-corrected chi connectivity index (χ4v) is 3.51. The summed E-state index contributed by atoms with van der Waals surface area (Å²) in [6.45, 7) is 3.74. The number of carbonyl (C=O) groups is 1. The van der Waals surface area contributed by atoms with Crippen LogP contribution in [0.15, 0.2) is 41.1 Å². The minimum absolute atomic E-state index is 0.0549. The Morgan fingerprint density at radius 2 is 1.97 bits per heavy atom. The summed E-state index contributed by atoms with van der Waals surface area (Å²) in [6.07, 6.45) is -0.111. The number of amides is 1. The van der Waals surface area contributed by atoms with Crippen LogP contribution in [0.4, 0.5) is 29.5 Å². The van der Waals surface area contributed by atoms with Gasteiger partial charge in [0.25, 0.3) is 0 Å². The molecular weight excluding hydrogens is 439 g/mol. The number of piperidine rings is 1. The predicted octanol–water partition coefficient (Wildman–Crippen LogP) is 5.20. The van der Waals surface area contributed by atoms with Gasteiger partial charge in [-0.2, -0.15) is 18.2 Å².